The Labute approximate surface area is 101 Å². The second kappa shape index (κ2) is 3.91. The molecule has 0 spiro atoms. The average molecular weight is 234 g/mol. The summed E-state index contributed by atoms with van der Waals surface area (Å²) in [6.07, 6.45) is 3.50. The molecule has 92 valence electrons. The van der Waals surface area contributed by atoms with Gasteiger partial charge in [0.25, 0.3) is 0 Å². The summed E-state index contributed by atoms with van der Waals surface area (Å²) in [6.45, 7) is 3.50. The molecular formula is C14H18O3. The fourth-order valence-corrected chi connectivity index (χ4v) is 2.47. The molecule has 0 radical (unpaired) electrons. The number of hydrogen-bond donors (Lipinski definition) is 1. The van der Waals surface area contributed by atoms with Crippen molar-refractivity contribution in [2.24, 2.45) is 0 Å². The fourth-order valence-electron chi connectivity index (χ4n) is 2.47. The van der Waals surface area contributed by atoms with Crippen LogP contribution in [-0.4, -0.2) is 18.3 Å². The summed E-state index contributed by atoms with van der Waals surface area (Å²) < 4.78 is 11.5. The van der Waals surface area contributed by atoms with Gasteiger partial charge in [-0.15, -0.1) is 0 Å². The Kier molecular flexibility index (Phi) is 2.51. The Hall–Kier alpha value is -1.22. The first-order chi connectivity index (χ1) is 8.24. The lowest BCUT2D eigenvalue weighted by molar-refractivity contribution is 0.149. The summed E-state index contributed by atoms with van der Waals surface area (Å²) in [5.74, 6) is 1.68. The number of rotatable bonds is 2. The van der Waals surface area contributed by atoms with Crippen LogP contribution < -0.4 is 9.47 Å². The molecule has 0 aromatic heterocycles. The third-order valence-electron chi connectivity index (χ3n) is 3.60. The average Bonchev–Trinajstić information content (AvgIpc) is 3.11. The van der Waals surface area contributed by atoms with Gasteiger partial charge in [0.2, 0.25) is 0 Å². The van der Waals surface area contributed by atoms with Gasteiger partial charge in [0.15, 0.2) is 11.5 Å². The third-order valence-corrected chi connectivity index (χ3v) is 3.60. The van der Waals surface area contributed by atoms with Crippen molar-refractivity contribution >= 4 is 0 Å². The van der Waals surface area contributed by atoms with E-state index in [1.807, 2.05) is 12.1 Å². The Bertz CT molecular complexity index is 435. The Morgan fingerprint density at radius 1 is 1.24 bits per heavy atom. The molecule has 0 bridgehead atoms. The largest absolute Gasteiger partial charge is 0.490 e. The third kappa shape index (κ3) is 1.78. The van der Waals surface area contributed by atoms with Gasteiger partial charge in [0, 0.05) is 12.0 Å². The van der Waals surface area contributed by atoms with E-state index in [1.54, 1.807) is 0 Å². The molecule has 0 unspecified atom stereocenters. The summed E-state index contributed by atoms with van der Waals surface area (Å²) in [5.41, 5.74) is 1.55. The van der Waals surface area contributed by atoms with Crippen LogP contribution in [0.15, 0.2) is 12.1 Å². The van der Waals surface area contributed by atoms with E-state index in [0.717, 1.165) is 48.3 Å². The van der Waals surface area contributed by atoms with Crippen molar-refractivity contribution in [2.45, 2.75) is 38.2 Å². The van der Waals surface area contributed by atoms with Gasteiger partial charge in [0.05, 0.1) is 18.8 Å². The number of aliphatic hydroxyl groups is 1. The van der Waals surface area contributed by atoms with Crippen LogP contribution in [0.3, 0.4) is 0 Å². The maximum absolute atomic E-state index is 10.3. The summed E-state index contributed by atoms with van der Waals surface area (Å²) in [5, 5.41) is 10.3. The van der Waals surface area contributed by atoms with Crippen molar-refractivity contribution in [1.29, 1.82) is 0 Å². The highest BCUT2D eigenvalue weighted by Crippen LogP contribution is 2.50. The highest BCUT2D eigenvalue weighted by atomic mass is 16.5. The molecule has 1 aromatic rings. The van der Waals surface area contributed by atoms with Gasteiger partial charge in [-0.25, -0.2) is 0 Å². The van der Waals surface area contributed by atoms with E-state index in [1.165, 1.54) is 0 Å². The molecule has 1 aromatic carbocycles. The predicted molar refractivity (Wildman–Crippen MR) is 64.6 cm³/mol. The topological polar surface area (TPSA) is 38.7 Å². The highest BCUT2D eigenvalue weighted by Gasteiger charge is 2.44. The minimum atomic E-state index is -0.601. The zero-order chi connectivity index (χ0) is 11.9. The van der Waals surface area contributed by atoms with E-state index < -0.39 is 5.60 Å². The van der Waals surface area contributed by atoms with E-state index in [4.69, 9.17) is 9.47 Å². The summed E-state index contributed by atoms with van der Waals surface area (Å²) in [7, 11) is 0. The fraction of sp³-hybridized carbons (Fsp3) is 0.571. The molecule has 1 N–H and O–H groups in total. The lowest BCUT2D eigenvalue weighted by Gasteiger charge is -2.18. The van der Waals surface area contributed by atoms with Crippen molar-refractivity contribution in [3.05, 3.63) is 23.3 Å². The van der Waals surface area contributed by atoms with Gasteiger partial charge in [-0.1, -0.05) is 13.0 Å². The van der Waals surface area contributed by atoms with E-state index in [0.29, 0.717) is 13.2 Å². The second-order valence-electron chi connectivity index (χ2n) is 4.85. The van der Waals surface area contributed by atoms with Crippen molar-refractivity contribution in [3.63, 3.8) is 0 Å². The summed E-state index contributed by atoms with van der Waals surface area (Å²) in [6, 6.07) is 3.94. The minimum Gasteiger partial charge on any atom is -0.490 e. The van der Waals surface area contributed by atoms with Crippen LogP contribution in [0, 0.1) is 0 Å². The molecule has 3 rings (SSSR count). The van der Waals surface area contributed by atoms with E-state index >= 15 is 0 Å². The SMILES string of the molecule is CCc1c(C2(O)CC2)ccc2c1OCCCO2. The molecule has 3 heteroatoms. The molecule has 1 heterocycles. The molecule has 0 saturated heterocycles. The normalized spacial score (nSPS) is 20.8. The van der Waals surface area contributed by atoms with Crippen LogP contribution >= 0.6 is 0 Å². The van der Waals surface area contributed by atoms with Gasteiger partial charge in [-0.3, -0.25) is 0 Å². The van der Waals surface area contributed by atoms with E-state index in [9.17, 15) is 5.11 Å². The Balaban J connectivity index is 2.10. The number of ether oxygens (including phenoxy) is 2. The molecule has 1 fully saturated rings. The zero-order valence-corrected chi connectivity index (χ0v) is 10.2. The second-order valence-corrected chi connectivity index (χ2v) is 4.85. The van der Waals surface area contributed by atoms with Crippen LogP contribution in [0.5, 0.6) is 11.5 Å². The molecule has 1 aliphatic heterocycles. The van der Waals surface area contributed by atoms with Crippen LogP contribution in [-0.2, 0) is 12.0 Å². The van der Waals surface area contributed by atoms with Crippen molar-refractivity contribution in [1.82, 2.24) is 0 Å². The van der Waals surface area contributed by atoms with Crippen molar-refractivity contribution in [3.8, 4) is 11.5 Å². The maximum Gasteiger partial charge on any atom is 0.164 e. The Morgan fingerprint density at radius 3 is 2.71 bits per heavy atom. The molecule has 17 heavy (non-hydrogen) atoms. The summed E-state index contributed by atoms with van der Waals surface area (Å²) in [4.78, 5) is 0. The quantitative estimate of drug-likeness (QED) is 0.854. The first-order valence-electron chi connectivity index (χ1n) is 6.39. The number of hydrogen-bond acceptors (Lipinski definition) is 3. The van der Waals surface area contributed by atoms with Gasteiger partial charge in [-0.2, -0.15) is 0 Å². The van der Waals surface area contributed by atoms with Crippen molar-refractivity contribution < 1.29 is 14.6 Å². The van der Waals surface area contributed by atoms with E-state index in [-0.39, 0.29) is 0 Å². The number of benzene rings is 1. The van der Waals surface area contributed by atoms with Gasteiger partial charge >= 0.3 is 0 Å². The first kappa shape index (κ1) is 10.9. The zero-order valence-electron chi connectivity index (χ0n) is 10.2. The maximum atomic E-state index is 10.3. The monoisotopic (exact) mass is 234 g/mol. The standard InChI is InChI=1S/C14H18O3/c1-2-10-11(14(15)6-7-14)4-5-12-13(10)17-9-3-8-16-12/h4-5,15H,2-3,6-9H2,1H3. The van der Waals surface area contributed by atoms with Gasteiger partial charge < -0.3 is 14.6 Å². The predicted octanol–water partition coefficient (Wildman–Crippen LogP) is 2.39. The van der Waals surface area contributed by atoms with Crippen LogP contribution in [0.4, 0.5) is 0 Å². The van der Waals surface area contributed by atoms with E-state index in [2.05, 4.69) is 6.92 Å². The Morgan fingerprint density at radius 2 is 2.00 bits per heavy atom. The molecule has 3 nitrogen and oxygen atoms in total. The van der Waals surface area contributed by atoms with Gasteiger partial charge in [-0.05, 0) is 30.9 Å². The van der Waals surface area contributed by atoms with Crippen LogP contribution in [0.25, 0.3) is 0 Å². The van der Waals surface area contributed by atoms with Crippen LogP contribution in [0.2, 0.25) is 0 Å². The highest BCUT2D eigenvalue weighted by molar-refractivity contribution is 5.54. The lowest BCUT2D eigenvalue weighted by Crippen LogP contribution is -2.10. The van der Waals surface area contributed by atoms with Crippen LogP contribution in [0.1, 0.15) is 37.3 Å². The minimum absolute atomic E-state index is 0.601. The summed E-state index contributed by atoms with van der Waals surface area (Å²) >= 11 is 0. The molecule has 1 saturated carbocycles. The van der Waals surface area contributed by atoms with Crippen molar-refractivity contribution in [2.75, 3.05) is 13.2 Å². The smallest absolute Gasteiger partial charge is 0.164 e. The molecule has 2 aliphatic rings. The molecule has 0 amide bonds. The molecular weight excluding hydrogens is 216 g/mol. The molecule has 0 atom stereocenters. The lowest BCUT2D eigenvalue weighted by atomic mass is 9.97. The molecule has 1 aliphatic carbocycles. The van der Waals surface area contributed by atoms with Gasteiger partial charge in [0.1, 0.15) is 0 Å². The number of fused-ring (bicyclic) bond motifs is 1. The first-order valence-corrected chi connectivity index (χ1v) is 6.39.